The van der Waals surface area contributed by atoms with Gasteiger partial charge in [0.15, 0.2) is 0 Å². The number of benzene rings is 1. The number of alkyl halides is 1. The van der Waals surface area contributed by atoms with Crippen molar-refractivity contribution in [2.45, 2.75) is 76.1 Å². The van der Waals surface area contributed by atoms with Crippen LogP contribution < -0.4 is 11.1 Å². The van der Waals surface area contributed by atoms with Gasteiger partial charge < -0.3 is 20.5 Å². The molecule has 1 heterocycles. The summed E-state index contributed by atoms with van der Waals surface area (Å²) in [5.41, 5.74) is 10.8. The van der Waals surface area contributed by atoms with E-state index in [1.807, 2.05) is 30.0 Å². The minimum Gasteiger partial charge on any atom is -0.463 e. The second-order valence-electron chi connectivity index (χ2n) is 10.4. The Labute approximate surface area is 241 Å². The van der Waals surface area contributed by atoms with E-state index in [0.29, 0.717) is 30.7 Å². The van der Waals surface area contributed by atoms with Crippen LogP contribution in [0.2, 0.25) is 0 Å². The summed E-state index contributed by atoms with van der Waals surface area (Å²) in [5.74, 6) is 1.31. The van der Waals surface area contributed by atoms with Crippen molar-refractivity contribution in [3.8, 4) is 0 Å². The van der Waals surface area contributed by atoms with Gasteiger partial charge in [-0.25, -0.2) is 14.4 Å². The van der Waals surface area contributed by atoms with Gasteiger partial charge in [0.05, 0.1) is 30.8 Å². The third kappa shape index (κ3) is 8.85. The number of amidine groups is 1. The highest BCUT2D eigenvalue weighted by Crippen LogP contribution is 2.35. The van der Waals surface area contributed by atoms with E-state index in [0.717, 1.165) is 66.8 Å². The van der Waals surface area contributed by atoms with Gasteiger partial charge in [-0.05, 0) is 104 Å². The molecule has 3 aliphatic rings. The molecule has 0 saturated carbocycles. The summed E-state index contributed by atoms with van der Waals surface area (Å²) in [4.78, 5) is 9.07. The molecule has 9 heteroatoms. The molecule has 0 spiro atoms. The lowest BCUT2D eigenvalue weighted by molar-refractivity contribution is 0.0983. The first-order chi connectivity index (χ1) is 18.9. The van der Waals surface area contributed by atoms with E-state index in [1.165, 1.54) is 11.9 Å². The summed E-state index contributed by atoms with van der Waals surface area (Å²) < 4.78 is 25.4. The minimum absolute atomic E-state index is 0.164. The van der Waals surface area contributed by atoms with Gasteiger partial charge in [-0.1, -0.05) is 30.2 Å². The number of rotatable bonds is 12. The van der Waals surface area contributed by atoms with Crippen LogP contribution in [-0.2, 0) is 9.47 Å². The molecule has 0 fully saturated rings. The predicted octanol–water partition coefficient (Wildman–Crippen LogP) is 7.40. The van der Waals surface area contributed by atoms with Crippen LogP contribution in [0.15, 0.2) is 62.6 Å². The summed E-state index contributed by atoms with van der Waals surface area (Å²) in [5, 5.41) is 4.04. The van der Waals surface area contributed by atoms with Crippen LogP contribution in [-0.4, -0.2) is 55.9 Å². The average Bonchev–Trinajstić information content (AvgIpc) is 3.38. The molecule has 0 saturated heterocycles. The average molecular weight is 575 g/mol. The Balaban J connectivity index is 1.33. The molecular weight excluding hydrogens is 535 g/mol. The summed E-state index contributed by atoms with van der Waals surface area (Å²) in [7, 11) is 0. The van der Waals surface area contributed by atoms with Gasteiger partial charge in [0, 0.05) is 10.7 Å². The highest BCUT2D eigenvalue weighted by Gasteiger charge is 2.21. The van der Waals surface area contributed by atoms with Crippen molar-refractivity contribution in [1.29, 1.82) is 0 Å². The molecule has 4 atom stereocenters. The summed E-state index contributed by atoms with van der Waals surface area (Å²) in [6.45, 7) is 3.27. The van der Waals surface area contributed by atoms with Gasteiger partial charge in [-0.2, -0.15) is 11.8 Å². The van der Waals surface area contributed by atoms with Gasteiger partial charge >= 0.3 is 0 Å². The van der Waals surface area contributed by atoms with Crippen LogP contribution in [0.25, 0.3) is 0 Å². The molecule has 6 nitrogen and oxygen atoms in total. The number of hydrogen-bond acceptors (Lipinski definition) is 6. The van der Waals surface area contributed by atoms with Gasteiger partial charge in [0.1, 0.15) is 12.8 Å². The maximum Gasteiger partial charge on any atom is 0.289 e. The molecule has 0 amide bonds. The van der Waals surface area contributed by atoms with E-state index in [4.69, 9.17) is 26.8 Å². The molecule has 0 radical (unpaired) electrons. The molecular formula is C30H40ClFN4O2S. The van der Waals surface area contributed by atoms with Crippen molar-refractivity contribution < 1.29 is 13.9 Å². The Morgan fingerprint density at radius 2 is 2.28 bits per heavy atom. The normalized spacial score (nSPS) is 24.1. The van der Waals surface area contributed by atoms with Crippen molar-refractivity contribution in [2.24, 2.45) is 15.7 Å². The van der Waals surface area contributed by atoms with Crippen molar-refractivity contribution in [3.63, 3.8) is 0 Å². The number of nitrogens with two attached hydrogens (primary N) is 1. The fraction of sp³-hybridized carbons (Fsp3) is 0.533. The largest absolute Gasteiger partial charge is 0.463 e. The number of allylic oxidation sites excluding steroid dienone is 3. The van der Waals surface area contributed by atoms with E-state index < -0.39 is 6.17 Å². The summed E-state index contributed by atoms with van der Waals surface area (Å²) in [6, 6.07) is 6.84. The lowest BCUT2D eigenvalue weighted by Crippen LogP contribution is -2.18. The number of ether oxygens (including phenoxy) is 2. The number of halogens is 2. The van der Waals surface area contributed by atoms with Crippen LogP contribution >= 0.6 is 23.4 Å². The molecule has 212 valence electrons. The van der Waals surface area contributed by atoms with E-state index >= 15 is 0 Å². The van der Waals surface area contributed by atoms with Gasteiger partial charge in [-0.3, -0.25) is 0 Å². The molecule has 39 heavy (non-hydrogen) atoms. The number of anilines is 1. The molecule has 0 aromatic heterocycles. The monoisotopic (exact) mass is 574 g/mol. The highest BCUT2D eigenvalue weighted by molar-refractivity contribution is 7.98. The molecule has 1 aromatic carbocycles. The van der Waals surface area contributed by atoms with Crippen LogP contribution in [0.4, 0.5) is 15.8 Å². The number of aliphatic imine (C=N–C) groups is 2. The standard InChI is InChI=1S/C30H40ClFN4O2S/c1-20(6-7-21-8-11-29(27(31)15-21)37-17-22-4-3-5-23(32)14-22)26-16-24(9-10-28(26)34-19-33)35-30-36-25(18-38-30)12-13-39-2/h8-10,14-16,19-20,23,25,29H,3-7,11-13,17-18H2,1-2H3,(H2,33,34)(H,35,36)/t20?,23?,25-,29?/m0/s1. The van der Waals surface area contributed by atoms with Crippen molar-refractivity contribution in [2.75, 3.05) is 30.5 Å². The predicted molar refractivity (Wildman–Crippen MR) is 163 cm³/mol. The maximum absolute atomic E-state index is 13.6. The zero-order valence-corrected chi connectivity index (χ0v) is 24.4. The third-order valence-corrected chi connectivity index (χ3v) is 8.34. The number of nitrogens with one attached hydrogen (secondary N) is 1. The molecule has 4 rings (SSSR count). The molecule has 1 aromatic rings. The summed E-state index contributed by atoms with van der Waals surface area (Å²) in [6.07, 6.45) is 14.3. The molecule has 3 N–H and O–H groups in total. The lowest BCUT2D eigenvalue weighted by atomic mass is 9.90. The Bertz CT molecular complexity index is 1140. The first-order valence-electron chi connectivity index (χ1n) is 13.8. The van der Waals surface area contributed by atoms with Crippen molar-refractivity contribution in [1.82, 2.24) is 0 Å². The molecule has 2 aliphatic carbocycles. The van der Waals surface area contributed by atoms with E-state index in [-0.39, 0.29) is 18.1 Å². The van der Waals surface area contributed by atoms with Crippen LogP contribution in [0.5, 0.6) is 0 Å². The molecule has 1 aliphatic heterocycles. The number of nitrogens with zero attached hydrogens (tertiary/aromatic N) is 2. The van der Waals surface area contributed by atoms with E-state index in [2.05, 4.69) is 40.6 Å². The van der Waals surface area contributed by atoms with Crippen molar-refractivity contribution >= 4 is 47.1 Å². The number of hydrogen-bond donors (Lipinski definition) is 2. The first kappa shape index (κ1) is 29.7. The molecule has 0 bridgehead atoms. The highest BCUT2D eigenvalue weighted by atomic mass is 35.5. The summed E-state index contributed by atoms with van der Waals surface area (Å²) >= 11 is 8.42. The quantitative estimate of drug-likeness (QED) is 0.154. The number of thioether (sulfide) groups is 1. The SMILES string of the molecule is CSCC[C@H]1COC(Nc2ccc(N=CN)c(C(C)CCC3=CCC(OCC4=CC(F)CCC4)C(Cl)=C3)c2)=N1. The Kier molecular flexibility index (Phi) is 11.4. The zero-order chi connectivity index (χ0) is 27.6. The fourth-order valence-electron chi connectivity index (χ4n) is 5.07. The topological polar surface area (TPSA) is 81.2 Å². The Hall–Kier alpha value is -2.29. The van der Waals surface area contributed by atoms with Gasteiger partial charge in [0.25, 0.3) is 6.02 Å². The second-order valence-corrected chi connectivity index (χ2v) is 11.8. The third-order valence-electron chi connectivity index (χ3n) is 7.35. The van der Waals surface area contributed by atoms with Crippen LogP contribution in [0, 0.1) is 0 Å². The molecule has 3 unspecified atom stereocenters. The zero-order valence-electron chi connectivity index (χ0n) is 22.9. The van der Waals surface area contributed by atoms with E-state index in [1.54, 1.807) is 6.08 Å². The smallest absolute Gasteiger partial charge is 0.289 e. The van der Waals surface area contributed by atoms with Crippen LogP contribution in [0.3, 0.4) is 0 Å². The van der Waals surface area contributed by atoms with Crippen molar-refractivity contribution in [3.05, 3.63) is 58.2 Å². The van der Waals surface area contributed by atoms with E-state index in [9.17, 15) is 4.39 Å². The van der Waals surface area contributed by atoms with Gasteiger partial charge in [-0.15, -0.1) is 0 Å². The fourth-order valence-corrected chi connectivity index (χ4v) is 5.87. The van der Waals surface area contributed by atoms with Crippen LogP contribution in [0.1, 0.15) is 63.4 Å². The minimum atomic E-state index is -0.845. The maximum atomic E-state index is 13.6. The van der Waals surface area contributed by atoms with Gasteiger partial charge in [0.2, 0.25) is 0 Å². The Morgan fingerprint density at radius 3 is 3.05 bits per heavy atom. The Morgan fingerprint density at radius 1 is 1.41 bits per heavy atom. The lowest BCUT2D eigenvalue weighted by Gasteiger charge is -2.23. The second kappa shape index (κ2) is 14.9. The first-order valence-corrected chi connectivity index (χ1v) is 15.6.